The monoisotopic (exact) mass is 262 g/mol. The lowest BCUT2D eigenvalue weighted by molar-refractivity contribution is -0.166. The van der Waals surface area contributed by atoms with E-state index in [0.717, 1.165) is 12.8 Å². The predicted molar refractivity (Wildman–Crippen MR) is 68.0 cm³/mol. The summed E-state index contributed by atoms with van der Waals surface area (Å²) in [5.41, 5.74) is -0.611. The van der Waals surface area contributed by atoms with Crippen molar-refractivity contribution in [3.8, 4) is 0 Å². The Morgan fingerprint density at radius 1 is 1.53 bits per heavy atom. The van der Waals surface area contributed by atoms with Crippen molar-refractivity contribution in [2.45, 2.75) is 25.9 Å². The minimum absolute atomic E-state index is 0.0996. The molecule has 1 aliphatic heterocycles. The third-order valence-corrected chi connectivity index (χ3v) is 4.62. The lowest BCUT2D eigenvalue weighted by atomic mass is 9.87. The fourth-order valence-electron chi connectivity index (χ4n) is 3.25. The zero-order chi connectivity index (χ0) is 13.6. The van der Waals surface area contributed by atoms with Crippen molar-refractivity contribution in [2.75, 3.05) is 6.61 Å². The number of esters is 2. The molecule has 4 nitrogen and oxygen atoms in total. The molecule has 102 valence electrons. The van der Waals surface area contributed by atoms with E-state index in [0.29, 0.717) is 5.92 Å². The van der Waals surface area contributed by atoms with Crippen LogP contribution in [0.15, 0.2) is 24.8 Å². The molecular weight excluding hydrogens is 244 g/mol. The number of hydrogen-bond acceptors (Lipinski definition) is 4. The van der Waals surface area contributed by atoms with E-state index in [-0.39, 0.29) is 24.4 Å². The standard InChI is InChI=1S/C15H18O4/c1-3-15(2)8-18-14(17)12(15)19-13(16)11-7-9-4-5-10(11)6-9/h3-5,9-12H,1,6-8H2,2H3. The van der Waals surface area contributed by atoms with E-state index in [1.54, 1.807) is 6.08 Å². The normalized spacial score (nSPS) is 43.3. The molecule has 2 aliphatic carbocycles. The van der Waals surface area contributed by atoms with Crippen LogP contribution in [0.1, 0.15) is 19.8 Å². The van der Waals surface area contributed by atoms with Gasteiger partial charge in [-0.25, -0.2) is 4.79 Å². The minimum atomic E-state index is -0.847. The van der Waals surface area contributed by atoms with Gasteiger partial charge in [-0.05, 0) is 31.6 Å². The van der Waals surface area contributed by atoms with E-state index in [9.17, 15) is 9.59 Å². The molecular formula is C15H18O4. The van der Waals surface area contributed by atoms with Crippen molar-refractivity contribution < 1.29 is 19.1 Å². The van der Waals surface area contributed by atoms with Gasteiger partial charge in [0.1, 0.15) is 6.61 Å². The van der Waals surface area contributed by atoms with Crippen LogP contribution in [-0.2, 0) is 19.1 Å². The molecule has 19 heavy (non-hydrogen) atoms. The van der Waals surface area contributed by atoms with Crippen molar-refractivity contribution in [2.24, 2.45) is 23.2 Å². The van der Waals surface area contributed by atoms with Gasteiger partial charge < -0.3 is 9.47 Å². The van der Waals surface area contributed by atoms with Gasteiger partial charge in [-0.1, -0.05) is 18.2 Å². The molecule has 0 aromatic rings. The van der Waals surface area contributed by atoms with Gasteiger partial charge in [0.2, 0.25) is 6.10 Å². The first-order chi connectivity index (χ1) is 9.03. The number of allylic oxidation sites excluding steroid dienone is 2. The van der Waals surface area contributed by atoms with E-state index in [1.807, 2.05) is 6.92 Å². The molecule has 0 N–H and O–H groups in total. The first-order valence-corrected chi connectivity index (χ1v) is 6.72. The molecule has 1 saturated heterocycles. The largest absolute Gasteiger partial charge is 0.462 e. The molecule has 1 heterocycles. The first-order valence-electron chi connectivity index (χ1n) is 6.72. The second-order valence-corrected chi connectivity index (χ2v) is 6.02. The average molecular weight is 262 g/mol. The van der Waals surface area contributed by atoms with Gasteiger partial charge in [-0.2, -0.15) is 0 Å². The Hall–Kier alpha value is -1.58. The molecule has 0 spiro atoms. The molecule has 4 heteroatoms. The van der Waals surface area contributed by atoms with E-state index < -0.39 is 17.5 Å². The average Bonchev–Trinajstić information content (AvgIpc) is 3.09. The van der Waals surface area contributed by atoms with Crippen LogP contribution in [0.4, 0.5) is 0 Å². The number of carbonyl (C=O) groups is 2. The quantitative estimate of drug-likeness (QED) is 0.575. The highest BCUT2D eigenvalue weighted by molar-refractivity contribution is 5.83. The van der Waals surface area contributed by atoms with Gasteiger partial charge in [0.25, 0.3) is 0 Å². The van der Waals surface area contributed by atoms with Crippen LogP contribution in [0.5, 0.6) is 0 Å². The van der Waals surface area contributed by atoms with Crippen LogP contribution in [0.2, 0.25) is 0 Å². The highest BCUT2D eigenvalue weighted by atomic mass is 16.6. The van der Waals surface area contributed by atoms with Crippen LogP contribution in [0.25, 0.3) is 0 Å². The molecule has 5 unspecified atom stereocenters. The SMILES string of the molecule is C=CC1(C)COC(=O)C1OC(=O)C1CC2C=CC1C2. The molecule has 0 aromatic heterocycles. The summed E-state index contributed by atoms with van der Waals surface area (Å²) in [6.07, 6.45) is 6.93. The predicted octanol–water partition coefficient (Wildman–Crippen LogP) is 1.86. The summed E-state index contributed by atoms with van der Waals surface area (Å²) in [5.74, 6) is -0.0468. The number of hydrogen-bond donors (Lipinski definition) is 0. The summed E-state index contributed by atoms with van der Waals surface area (Å²) in [4.78, 5) is 23.9. The zero-order valence-electron chi connectivity index (χ0n) is 11.0. The number of carbonyl (C=O) groups excluding carboxylic acids is 2. The highest BCUT2D eigenvalue weighted by Gasteiger charge is 2.50. The Morgan fingerprint density at radius 2 is 2.32 bits per heavy atom. The fourth-order valence-corrected chi connectivity index (χ4v) is 3.25. The second kappa shape index (κ2) is 4.22. The van der Waals surface area contributed by atoms with Gasteiger partial charge in [0.15, 0.2) is 0 Å². The summed E-state index contributed by atoms with van der Waals surface area (Å²) < 4.78 is 10.4. The van der Waals surface area contributed by atoms with Crippen molar-refractivity contribution in [3.05, 3.63) is 24.8 Å². The van der Waals surface area contributed by atoms with E-state index in [1.165, 1.54) is 0 Å². The third-order valence-electron chi connectivity index (χ3n) is 4.62. The maximum Gasteiger partial charge on any atom is 0.348 e. The summed E-state index contributed by atoms with van der Waals surface area (Å²) in [6.45, 7) is 5.76. The Morgan fingerprint density at radius 3 is 2.89 bits per heavy atom. The highest BCUT2D eigenvalue weighted by Crippen LogP contribution is 2.44. The van der Waals surface area contributed by atoms with Gasteiger partial charge in [-0.3, -0.25) is 4.79 Å². The molecule has 5 atom stereocenters. The van der Waals surface area contributed by atoms with Crippen molar-refractivity contribution >= 4 is 11.9 Å². The van der Waals surface area contributed by atoms with Gasteiger partial charge in [0, 0.05) is 0 Å². The molecule has 2 bridgehead atoms. The Labute approximate surface area is 112 Å². The van der Waals surface area contributed by atoms with Gasteiger partial charge >= 0.3 is 11.9 Å². The van der Waals surface area contributed by atoms with Crippen LogP contribution in [0.3, 0.4) is 0 Å². The lowest BCUT2D eigenvalue weighted by Gasteiger charge is -2.25. The zero-order valence-corrected chi connectivity index (χ0v) is 11.0. The Balaban J connectivity index is 1.71. The molecule has 1 saturated carbocycles. The molecule has 3 aliphatic rings. The third kappa shape index (κ3) is 1.90. The summed E-state index contributed by atoms with van der Waals surface area (Å²) in [5, 5.41) is 0. The van der Waals surface area contributed by atoms with Crippen LogP contribution < -0.4 is 0 Å². The second-order valence-electron chi connectivity index (χ2n) is 6.02. The number of cyclic esters (lactones) is 1. The molecule has 2 fully saturated rings. The van der Waals surface area contributed by atoms with E-state index in [4.69, 9.17) is 9.47 Å². The van der Waals surface area contributed by atoms with Gasteiger partial charge in [-0.15, -0.1) is 6.58 Å². The summed E-state index contributed by atoms with van der Waals surface area (Å²) in [7, 11) is 0. The van der Waals surface area contributed by atoms with Crippen LogP contribution >= 0.6 is 0 Å². The molecule has 3 rings (SSSR count). The van der Waals surface area contributed by atoms with Crippen molar-refractivity contribution in [1.82, 2.24) is 0 Å². The number of ether oxygens (including phenoxy) is 2. The van der Waals surface area contributed by atoms with E-state index in [2.05, 4.69) is 18.7 Å². The maximum atomic E-state index is 12.2. The Bertz CT molecular complexity index is 467. The van der Waals surface area contributed by atoms with Crippen molar-refractivity contribution in [3.63, 3.8) is 0 Å². The molecule has 0 aromatic carbocycles. The van der Waals surface area contributed by atoms with Crippen molar-refractivity contribution in [1.29, 1.82) is 0 Å². The topological polar surface area (TPSA) is 52.6 Å². The summed E-state index contributed by atoms with van der Waals surface area (Å²) >= 11 is 0. The molecule has 0 radical (unpaired) electrons. The van der Waals surface area contributed by atoms with E-state index >= 15 is 0 Å². The Kier molecular flexibility index (Phi) is 2.77. The fraction of sp³-hybridized carbons (Fsp3) is 0.600. The number of fused-ring (bicyclic) bond motifs is 2. The minimum Gasteiger partial charge on any atom is -0.462 e. The summed E-state index contributed by atoms with van der Waals surface area (Å²) in [6, 6.07) is 0. The van der Waals surface area contributed by atoms with Gasteiger partial charge in [0.05, 0.1) is 11.3 Å². The maximum absolute atomic E-state index is 12.2. The lowest BCUT2D eigenvalue weighted by Crippen LogP contribution is -2.38. The van der Waals surface area contributed by atoms with Crippen LogP contribution in [-0.4, -0.2) is 24.6 Å². The number of rotatable bonds is 3. The smallest absolute Gasteiger partial charge is 0.348 e. The first kappa shape index (κ1) is 12.5. The molecule has 0 amide bonds. The van der Waals surface area contributed by atoms with Crippen LogP contribution in [0, 0.1) is 23.2 Å².